The minimum Gasteiger partial charge on any atom is -0.345 e. The van der Waals surface area contributed by atoms with Crippen molar-refractivity contribution in [1.29, 1.82) is 0 Å². The smallest absolute Gasteiger partial charge is 0.319 e. The summed E-state index contributed by atoms with van der Waals surface area (Å²) in [5.74, 6) is -0.630. The third-order valence-corrected chi connectivity index (χ3v) is 2.97. The summed E-state index contributed by atoms with van der Waals surface area (Å²) in [7, 11) is 0. The summed E-state index contributed by atoms with van der Waals surface area (Å²) in [6, 6.07) is 0. The van der Waals surface area contributed by atoms with E-state index in [1.165, 1.54) is 6.20 Å². The molecule has 1 amide bonds. The Hall–Kier alpha value is -2.42. The van der Waals surface area contributed by atoms with Crippen molar-refractivity contribution in [3.63, 3.8) is 0 Å². The second kappa shape index (κ2) is 5.70. The predicted molar refractivity (Wildman–Crippen MR) is 69.3 cm³/mol. The lowest BCUT2D eigenvalue weighted by Gasteiger charge is -2.06. The number of nitrogens with zero attached hydrogens (tertiary/aromatic N) is 4. The van der Waals surface area contributed by atoms with Gasteiger partial charge >= 0.3 is 5.69 Å². The van der Waals surface area contributed by atoms with Crippen LogP contribution in [0, 0.1) is 10.1 Å². The van der Waals surface area contributed by atoms with Crippen molar-refractivity contribution >= 4 is 23.2 Å². The maximum absolute atomic E-state index is 11.9. The number of aromatic amines is 1. The van der Waals surface area contributed by atoms with Crippen molar-refractivity contribution in [2.45, 2.75) is 20.0 Å². The maximum atomic E-state index is 11.9. The molecule has 0 bridgehead atoms. The summed E-state index contributed by atoms with van der Waals surface area (Å²) in [4.78, 5) is 21.9. The molecule has 0 unspecified atom stereocenters. The van der Waals surface area contributed by atoms with E-state index in [0.717, 1.165) is 6.20 Å². The molecule has 0 aromatic carbocycles. The zero-order valence-corrected chi connectivity index (χ0v) is 11.2. The van der Waals surface area contributed by atoms with Crippen molar-refractivity contribution in [3.05, 3.63) is 38.9 Å². The molecule has 9 nitrogen and oxygen atoms in total. The first-order chi connectivity index (χ1) is 9.54. The Morgan fingerprint density at radius 1 is 1.60 bits per heavy atom. The van der Waals surface area contributed by atoms with Crippen molar-refractivity contribution < 1.29 is 9.72 Å². The Balaban J connectivity index is 2.11. The van der Waals surface area contributed by atoms with Crippen LogP contribution in [-0.2, 0) is 13.1 Å². The van der Waals surface area contributed by atoms with E-state index in [1.54, 1.807) is 4.68 Å². The Morgan fingerprint density at radius 2 is 2.35 bits per heavy atom. The van der Waals surface area contributed by atoms with E-state index in [1.807, 2.05) is 6.92 Å². The van der Waals surface area contributed by atoms with E-state index in [2.05, 4.69) is 20.6 Å². The normalized spacial score (nSPS) is 10.5. The predicted octanol–water partition coefficient (Wildman–Crippen LogP) is 1.12. The van der Waals surface area contributed by atoms with Crippen LogP contribution in [0.2, 0.25) is 5.02 Å². The van der Waals surface area contributed by atoms with Gasteiger partial charge in [0.25, 0.3) is 5.91 Å². The highest BCUT2D eigenvalue weighted by Crippen LogP contribution is 2.16. The molecule has 2 aromatic heterocycles. The Kier molecular flexibility index (Phi) is 3.99. The van der Waals surface area contributed by atoms with Crippen molar-refractivity contribution in [1.82, 2.24) is 25.3 Å². The number of carbonyl (C=O) groups is 1. The first-order valence-electron chi connectivity index (χ1n) is 5.70. The summed E-state index contributed by atoms with van der Waals surface area (Å²) < 4.78 is 1.63. The van der Waals surface area contributed by atoms with Crippen LogP contribution in [0.5, 0.6) is 0 Å². The number of rotatable bonds is 5. The monoisotopic (exact) mass is 298 g/mol. The summed E-state index contributed by atoms with van der Waals surface area (Å²) in [5.41, 5.74) is 0.0518. The van der Waals surface area contributed by atoms with E-state index < -0.39 is 10.8 Å². The number of hydrogen-bond donors (Lipinski definition) is 2. The minimum absolute atomic E-state index is 0.113. The molecular formula is C10H11ClN6O3. The van der Waals surface area contributed by atoms with Crippen LogP contribution in [-0.4, -0.2) is 30.8 Å². The molecule has 0 saturated carbocycles. The molecule has 20 heavy (non-hydrogen) atoms. The molecule has 0 aliphatic heterocycles. The lowest BCUT2D eigenvalue weighted by molar-refractivity contribution is -0.385. The molecule has 2 rings (SSSR count). The van der Waals surface area contributed by atoms with Gasteiger partial charge in [-0.1, -0.05) is 11.6 Å². The van der Waals surface area contributed by atoms with Gasteiger partial charge < -0.3 is 5.32 Å². The highest BCUT2D eigenvalue weighted by Gasteiger charge is 2.23. The van der Waals surface area contributed by atoms with Crippen LogP contribution >= 0.6 is 11.6 Å². The number of aromatic nitrogens is 4. The van der Waals surface area contributed by atoms with Gasteiger partial charge in [-0.3, -0.25) is 24.7 Å². The molecule has 10 heteroatoms. The number of H-pyrrole nitrogens is 1. The number of amides is 1. The van der Waals surface area contributed by atoms with Gasteiger partial charge in [-0.25, -0.2) is 0 Å². The SMILES string of the molecule is CCn1ncc(Cl)c1CNC(=O)c1[nH]ncc1[N+](=O)[O-]. The first kappa shape index (κ1) is 14.0. The summed E-state index contributed by atoms with van der Waals surface area (Å²) >= 11 is 5.95. The molecule has 2 aromatic rings. The van der Waals surface area contributed by atoms with E-state index >= 15 is 0 Å². The van der Waals surface area contributed by atoms with E-state index in [4.69, 9.17) is 11.6 Å². The molecule has 2 heterocycles. The van der Waals surface area contributed by atoms with Gasteiger partial charge in [-0.15, -0.1) is 0 Å². The topological polar surface area (TPSA) is 119 Å². The van der Waals surface area contributed by atoms with Gasteiger partial charge in [0.1, 0.15) is 6.20 Å². The number of halogens is 1. The average molecular weight is 299 g/mol. The molecule has 0 aliphatic rings. The van der Waals surface area contributed by atoms with Gasteiger partial charge in [-0.05, 0) is 6.92 Å². The minimum atomic E-state index is -0.679. The van der Waals surface area contributed by atoms with Gasteiger partial charge in [-0.2, -0.15) is 10.2 Å². The van der Waals surface area contributed by atoms with E-state index in [0.29, 0.717) is 17.3 Å². The van der Waals surface area contributed by atoms with Crippen LogP contribution < -0.4 is 5.32 Å². The van der Waals surface area contributed by atoms with Crippen LogP contribution in [0.4, 0.5) is 5.69 Å². The Bertz CT molecular complexity index is 649. The Labute approximate surface area is 118 Å². The van der Waals surface area contributed by atoms with E-state index in [-0.39, 0.29) is 17.9 Å². The molecule has 0 fully saturated rings. The summed E-state index contributed by atoms with van der Waals surface area (Å²) in [6.07, 6.45) is 2.46. The highest BCUT2D eigenvalue weighted by molar-refractivity contribution is 6.31. The zero-order chi connectivity index (χ0) is 14.7. The molecular weight excluding hydrogens is 288 g/mol. The fraction of sp³-hybridized carbons (Fsp3) is 0.300. The fourth-order valence-corrected chi connectivity index (χ4v) is 1.88. The lowest BCUT2D eigenvalue weighted by atomic mass is 10.3. The molecule has 0 saturated heterocycles. The molecule has 2 N–H and O–H groups in total. The van der Waals surface area contributed by atoms with Gasteiger partial charge in [0.05, 0.1) is 28.4 Å². The quantitative estimate of drug-likeness (QED) is 0.633. The van der Waals surface area contributed by atoms with Gasteiger partial charge in [0.2, 0.25) is 5.69 Å². The first-order valence-corrected chi connectivity index (χ1v) is 6.08. The fourth-order valence-electron chi connectivity index (χ4n) is 1.67. The molecule has 0 atom stereocenters. The van der Waals surface area contributed by atoms with Crippen LogP contribution in [0.3, 0.4) is 0 Å². The lowest BCUT2D eigenvalue weighted by Crippen LogP contribution is -2.25. The van der Waals surface area contributed by atoms with Gasteiger partial charge in [0.15, 0.2) is 0 Å². The summed E-state index contributed by atoms with van der Waals surface area (Å²) in [5, 5.41) is 23.5. The molecule has 0 radical (unpaired) electrons. The number of carbonyl (C=O) groups excluding carboxylic acids is 1. The maximum Gasteiger partial charge on any atom is 0.319 e. The van der Waals surface area contributed by atoms with Crippen LogP contribution in [0.15, 0.2) is 12.4 Å². The summed E-state index contributed by atoms with van der Waals surface area (Å²) in [6.45, 7) is 2.60. The molecule has 0 spiro atoms. The van der Waals surface area contributed by atoms with Crippen molar-refractivity contribution in [2.75, 3.05) is 0 Å². The van der Waals surface area contributed by atoms with Crippen molar-refractivity contribution in [2.24, 2.45) is 0 Å². The van der Waals surface area contributed by atoms with Crippen LogP contribution in [0.25, 0.3) is 0 Å². The molecule has 0 aliphatic carbocycles. The largest absolute Gasteiger partial charge is 0.345 e. The number of aryl methyl sites for hydroxylation is 1. The molecule has 106 valence electrons. The number of nitrogens with one attached hydrogen (secondary N) is 2. The standard InChI is InChI=1S/C10H11ClN6O3/c1-2-16-7(6(11)3-14-16)4-12-10(18)9-8(17(19)20)5-13-15-9/h3,5H,2,4H2,1H3,(H,12,18)(H,13,15). The van der Waals surface area contributed by atoms with Crippen LogP contribution in [0.1, 0.15) is 23.1 Å². The van der Waals surface area contributed by atoms with Crippen molar-refractivity contribution in [3.8, 4) is 0 Å². The number of nitro groups is 1. The highest BCUT2D eigenvalue weighted by atomic mass is 35.5. The van der Waals surface area contributed by atoms with Gasteiger partial charge in [0, 0.05) is 6.54 Å². The second-order valence-electron chi connectivity index (χ2n) is 3.82. The third kappa shape index (κ3) is 2.62. The number of hydrogen-bond acceptors (Lipinski definition) is 5. The zero-order valence-electron chi connectivity index (χ0n) is 10.5. The Morgan fingerprint density at radius 3 is 3.00 bits per heavy atom. The van der Waals surface area contributed by atoms with E-state index in [9.17, 15) is 14.9 Å². The average Bonchev–Trinajstić information content (AvgIpc) is 3.02. The third-order valence-electron chi connectivity index (χ3n) is 2.66. The second-order valence-corrected chi connectivity index (χ2v) is 4.23.